The van der Waals surface area contributed by atoms with Gasteiger partial charge < -0.3 is 0 Å². The Labute approximate surface area is 109 Å². The number of rotatable bonds is 7. The lowest BCUT2D eigenvalue weighted by Gasteiger charge is -2.04. The molecule has 0 saturated carbocycles. The van der Waals surface area contributed by atoms with Crippen LogP contribution >= 0.6 is 0 Å². The summed E-state index contributed by atoms with van der Waals surface area (Å²) in [6.07, 6.45) is 2.50. The molecule has 0 aromatic heterocycles. The molecule has 1 rings (SSSR count). The van der Waals surface area contributed by atoms with Crippen LogP contribution in [0.2, 0.25) is 0 Å². The van der Waals surface area contributed by atoms with Crippen LogP contribution in [0.3, 0.4) is 0 Å². The number of carbonyl (C=O) groups is 1. The first-order chi connectivity index (χ1) is 8.44. The largest absolute Gasteiger partial charge is 0.293 e. The Morgan fingerprint density at radius 1 is 1.22 bits per heavy atom. The van der Waals surface area contributed by atoms with Crippen molar-refractivity contribution in [1.29, 1.82) is 0 Å². The van der Waals surface area contributed by atoms with Gasteiger partial charge in [0.1, 0.15) is 5.75 Å². The number of ketones is 1. The van der Waals surface area contributed by atoms with E-state index < -0.39 is 9.84 Å². The Hall–Kier alpha value is -1.16. The molecular weight excluding hydrogens is 248 g/mol. The summed E-state index contributed by atoms with van der Waals surface area (Å²) in [6.45, 7) is 3.90. The standard InChI is InChI=1S/C14H20O3S/c1-3-4-5-9-18(16,17)11-14(15)13-8-6-7-12(2)10-13/h6-8,10H,3-5,9,11H2,1-2H3. The van der Waals surface area contributed by atoms with Gasteiger partial charge in [0, 0.05) is 5.56 Å². The molecule has 100 valence electrons. The topological polar surface area (TPSA) is 51.2 Å². The van der Waals surface area contributed by atoms with Crippen LogP contribution in [0.4, 0.5) is 0 Å². The second kappa shape index (κ2) is 6.69. The number of carbonyl (C=O) groups excluding carboxylic acids is 1. The van der Waals surface area contributed by atoms with E-state index >= 15 is 0 Å². The second-order valence-corrected chi connectivity index (χ2v) is 6.78. The summed E-state index contributed by atoms with van der Waals surface area (Å²) in [5, 5.41) is 0. The first kappa shape index (κ1) is 14.9. The van der Waals surface area contributed by atoms with E-state index in [9.17, 15) is 13.2 Å². The molecule has 0 fully saturated rings. The van der Waals surface area contributed by atoms with Gasteiger partial charge in [-0.05, 0) is 19.4 Å². The molecule has 0 spiro atoms. The van der Waals surface area contributed by atoms with Gasteiger partial charge in [-0.15, -0.1) is 0 Å². The zero-order valence-corrected chi connectivity index (χ0v) is 11.8. The molecule has 0 atom stereocenters. The smallest absolute Gasteiger partial charge is 0.177 e. The normalized spacial score (nSPS) is 11.4. The third kappa shape index (κ3) is 5.00. The van der Waals surface area contributed by atoms with Gasteiger partial charge in [-0.25, -0.2) is 8.42 Å². The van der Waals surface area contributed by atoms with Crippen LogP contribution in [0.25, 0.3) is 0 Å². The molecule has 1 aromatic carbocycles. The van der Waals surface area contributed by atoms with E-state index in [-0.39, 0.29) is 17.3 Å². The van der Waals surface area contributed by atoms with Crippen molar-refractivity contribution in [3.05, 3.63) is 35.4 Å². The van der Waals surface area contributed by atoms with Crippen molar-refractivity contribution in [3.63, 3.8) is 0 Å². The van der Waals surface area contributed by atoms with E-state index in [1.807, 2.05) is 19.9 Å². The quantitative estimate of drug-likeness (QED) is 0.564. The van der Waals surface area contributed by atoms with Gasteiger partial charge in [0.25, 0.3) is 0 Å². The molecule has 18 heavy (non-hydrogen) atoms. The summed E-state index contributed by atoms with van der Waals surface area (Å²) in [7, 11) is -3.26. The molecule has 0 aliphatic heterocycles. The average molecular weight is 268 g/mol. The molecule has 1 aromatic rings. The summed E-state index contributed by atoms with van der Waals surface area (Å²) in [4.78, 5) is 11.9. The highest BCUT2D eigenvalue weighted by atomic mass is 32.2. The van der Waals surface area contributed by atoms with E-state index in [0.717, 1.165) is 18.4 Å². The molecule has 0 unspecified atom stereocenters. The average Bonchev–Trinajstić information content (AvgIpc) is 2.28. The van der Waals surface area contributed by atoms with Gasteiger partial charge in [0.15, 0.2) is 15.6 Å². The summed E-state index contributed by atoms with van der Waals surface area (Å²) in [5.74, 6) is -0.575. The number of hydrogen-bond donors (Lipinski definition) is 0. The number of benzene rings is 1. The lowest BCUT2D eigenvalue weighted by atomic mass is 10.1. The lowest BCUT2D eigenvalue weighted by Crippen LogP contribution is -2.19. The SMILES string of the molecule is CCCCCS(=O)(=O)CC(=O)c1cccc(C)c1. The Morgan fingerprint density at radius 3 is 2.56 bits per heavy atom. The molecule has 0 N–H and O–H groups in total. The van der Waals surface area contributed by atoms with Crippen molar-refractivity contribution in [2.75, 3.05) is 11.5 Å². The van der Waals surface area contributed by atoms with Gasteiger partial charge in [-0.1, -0.05) is 43.5 Å². The van der Waals surface area contributed by atoms with E-state index in [4.69, 9.17) is 0 Å². The molecule has 0 aliphatic carbocycles. The van der Waals surface area contributed by atoms with Crippen LogP contribution in [0.1, 0.15) is 42.1 Å². The fourth-order valence-electron chi connectivity index (χ4n) is 1.75. The number of unbranched alkanes of at least 4 members (excludes halogenated alkanes) is 2. The maximum Gasteiger partial charge on any atom is 0.177 e. The highest BCUT2D eigenvalue weighted by Gasteiger charge is 2.17. The molecule has 0 saturated heterocycles. The lowest BCUT2D eigenvalue weighted by molar-refractivity contribution is 0.102. The van der Waals surface area contributed by atoms with Crippen LogP contribution in [0.15, 0.2) is 24.3 Å². The van der Waals surface area contributed by atoms with E-state index in [2.05, 4.69) is 0 Å². The van der Waals surface area contributed by atoms with Gasteiger partial charge in [-0.2, -0.15) is 0 Å². The number of hydrogen-bond acceptors (Lipinski definition) is 3. The van der Waals surface area contributed by atoms with Crippen molar-refractivity contribution in [3.8, 4) is 0 Å². The van der Waals surface area contributed by atoms with Crippen molar-refractivity contribution < 1.29 is 13.2 Å². The highest BCUT2D eigenvalue weighted by molar-refractivity contribution is 7.92. The second-order valence-electron chi connectivity index (χ2n) is 4.59. The Morgan fingerprint density at radius 2 is 1.94 bits per heavy atom. The zero-order chi connectivity index (χ0) is 13.6. The van der Waals surface area contributed by atoms with Gasteiger partial charge >= 0.3 is 0 Å². The third-order valence-corrected chi connectivity index (χ3v) is 4.36. The Kier molecular flexibility index (Phi) is 5.54. The van der Waals surface area contributed by atoms with E-state index in [0.29, 0.717) is 12.0 Å². The van der Waals surface area contributed by atoms with Crippen molar-refractivity contribution in [2.24, 2.45) is 0 Å². The summed E-state index contributed by atoms with van der Waals surface area (Å²) in [5.41, 5.74) is 1.44. The molecule has 0 heterocycles. The third-order valence-electron chi connectivity index (χ3n) is 2.75. The molecule has 0 bridgehead atoms. The maximum atomic E-state index is 11.9. The Balaban J connectivity index is 2.64. The molecule has 3 nitrogen and oxygen atoms in total. The molecule has 0 aliphatic rings. The van der Waals surface area contributed by atoms with Crippen molar-refractivity contribution >= 4 is 15.6 Å². The van der Waals surface area contributed by atoms with Crippen LogP contribution in [0.5, 0.6) is 0 Å². The maximum absolute atomic E-state index is 11.9. The first-order valence-electron chi connectivity index (χ1n) is 6.25. The molecule has 0 amide bonds. The minimum atomic E-state index is -3.26. The van der Waals surface area contributed by atoms with Crippen LogP contribution in [-0.2, 0) is 9.84 Å². The predicted octanol–water partition coefficient (Wildman–Crippen LogP) is 2.78. The van der Waals surface area contributed by atoms with E-state index in [1.54, 1.807) is 18.2 Å². The van der Waals surface area contributed by atoms with Gasteiger partial charge in [0.2, 0.25) is 0 Å². The number of aryl methyl sites for hydroxylation is 1. The van der Waals surface area contributed by atoms with Crippen LogP contribution in [0, 0.1) is 6.92 Å². The van der Waals surface area contributed by atoms with Gasteiger partial charge in [0.05, 0.1) is 5.75 Å². The summed E-state index contributed by atoms with van der Waals surface area (Å²) < 4.78 is 23.5. The Bertz CT molecular complexity index is 504. The van der Waals surface area contributed by atoms with Crippen molar-refractivity contribution in [1.82, 2.24) is 0 Å². The fraction of sp³-hybridized carbons (Fsp3) is 0.500. The first-order valence-corrected chi connectivity index (χ1v) is 8.07. The minimum absolute atomic E-state index is 0.110. The van der Waals surface area contributed by atoms with Crippen molar-refractivity contribution in [2.45, 2.75) is 33.1 Å². The van der Waals surface area contributed by atoms with Gasteiger partial charge in [-0.3, -0.25) is 4.79 Å². The van der Waals surface area contributed by atoms with Crippen LogP contribution < -0.4 is 0 Å². The fourth-order valence-corrected chi connectivity index (χ4v) is 3.10. The van der Waals surface area contributed by atoms with Crippen LogP contribution in [-0.4, -0.2) is 25.7 Å². The van der Waals surface area contributed by atoms with E-state index in [1.165, 1.54) is 0 Å². The molecular formula is C14H20O3S. The summed E-state index contributed by atoms with van der Waals surface area (Å²) in [6, 6.07) is 7.04. The highest BCUT2D eigenvalue weighted by Crippen LogP contribution is 2.08. The summed E-state index contributed by atoms with van der Waals surface area (Å²) >= 11 is 0. The zero-order valence-electron chi connectivity index (χ0n) is 11.0. The predicted molar refractivity (Wildman–Crippen MR) is 73.7 cm³/mol. The molecule has 0 radical (unpaired) electrons. The molecule has 4 heteroatoms. The monoisotopic (exact) mass is 268 g/mol. The number of sulfone groups is 1. The minimum Gasteiger partial charge on any atom is -0.293 e. The number of Topliss-reactive ketones (excluding diaryl/α,β-unsaturated/α-hetero) is 1.